The van der Waals surface area contributed by atoms with Gasteiger partial charge >= 0.3 is 35.8 Å². The molecule has 22 heteroatoms. The van der Waals surface area contributed by atoms with Gasteiger partial charge in [-0.3, -0.25) is 0 Å². The van der Waals surface area contributed by atoms with Crippen LogP contribution in [0, 0.1) is 0 Å². The molecule has 2 aliphatic rings. The largest absolute Gasteiger partial charge is 0.478 e. The number of aromatic nitrogens is 4. The van der Waals surface area contributed by atoms with Crippen LogP contribution in [0.5, 0.6) is 0 Å². The van der Waals surface area contributed by atoms with Crippen molar-refractivity contribution in [2.24, 2.45) is 0 Å². The van der Waals surface area contributed by atoms with Crippen LogP contribution in [-0.4, -0.2) is 188 Å². The smallest absolute Gasteiger partial charge is 0.328 e. The maximum atomic E-state index is 9.55. The van der Waals surface area contributed by atoms with Crippen molar-refractivity contribution in [1.29, 1.82) is 0 Å². The number of para-hydroxylation sites is 4. The Morgan fingerprint density at radius 3 is 1.02 bits per heavy atom. The first-order chi connectivity index (χ1) is 31.5. The number of aliphatic carboxylic acids is 6. The highest BCUT2D eigenvalue weighted by molar-refractivity contribution is 5.90. The van der Waals surface area contributed by atoms with E-state index in [4.69, 9.17) is 50.1 Å². The Bertz CT molecular complexity index is 2020. The third kappa shape index (κ3) is 21.0. The second-order valence-electron chi connectivity index (χ2n) is 14.1. The van der Waals surface area contributed by atoms with E-state index in [2.05, 4.69) is 91.4 Å². The molecule has 2 aliphatic heterocycles. The number of nitrogens with zero attached hydrogens (tertiary/aromatic N) is 8. The summed E-state index contributed by atoms with van der Waals surface area (Å²) in [6.07, 6.45) is 3.35. The van der Waals surface area contributed by atoms with Crippen molar-refractivity contribution in [2.75, 3.05) is 103 Å². The highest BCUT2D eigenvalue weighted by Crippen LogP contribution is 2.25. The Morgan fingerprint density at radius 1 is 0.485 bits per heavy atom. The molecule has 0 unspecified atom stereocenters. The lowest BCUT2D eigenvalue weighted by Crippen LogP contribution is -2.45. The molecule has 6 rings (SSSR count). The lowest BCUT2D eigenvalue weighted by atomic mass is 10.3. The fourth-order valence-electron chi connectivity index (χ4n) is 6.09. The third-order valence-electron chi connectivity index (χ3n) is 9.27. The monoisotopic (exact) mass is 924 g/mol. The first-order valence-electron chi connectivity index (χ1n) is 20.8. The van der Waals surface area contributed by atoms with Crippen LogP contribution in [0.1, 0.15) is 13.8 Å². The van der Waals surface area contributed by atoms with Gasteiger partial charge in [0, 0.05) is 115 Å². The number of hydrogen-bond acceptors (Lipinski definition) is 14. The summed E-state index contributed by atoms with van der Waals surface area (Å²) in [6.45, 7) is 17.3. The summed E-state index contributed by atoms with van der Waals surface area (Å²) < 4.78 is 15.7. The van der Waals surface area contributed by atoms with Crippen LogP contribution in [-0.2, 0) is 51.3 Å². The number of anilines is 2. The van der Waals surface area contributed by atoms with Gasteiger partial charge in [-0.15, -0.1) is 0 Å². The molecule has 0 spiro atoms. The Hall–Kier alpha value is -7.14. The highest BCUT2D eigenvalue weighted by atomic mass is 16.5. The molecule has 2 fully saturated rings. The van der Waals surface area contributed by atoms with Crippen LogP contribution in [0.3, 0.4) is 0 Å². The predicted octanol–water partition coefficient (Wildman–Crippen LogP) is 2.78. The Morgan fingerprint density at radius 2 is 0.758 bits per heavy atom. The van der Waals surface area contributed by atoms with E-state index in [1.807, 2.05) is 13.8 Å². The molecule has 0 radical (unpaired) electrons. The minimum absolute atomic E-state index is 0.558. The standard InChI is InChI=1S/2C16H24N4O.3C4H4O4/c2*1-3-21-13-12-20-15-7-5-4-6-14(15)17-16(20)19-10-8-18(2)9-11-19;3*5-3(6)1-2-4(7)8/h2*4-7H,3,8-13H2,1-2H3;3*1-2H,(H,5,6)(H,7,8)/b;;3*2-1+. The van der Waals surface area contributed by atoms with Gasteiger partial charge in [0.15, 0.2) is 0 Å². The van der Waals surface area contributed by atoms with Crippen molar-refractivity contribution in [1.82, 2.24) is 28.9 Å². The van der Waals surface area contributed by atoms with Gasteiger partial charge in [0.2, 0.25) is 11.9 Å². The number of rotatable bonds is 16. The third-order valence-corrected chi connectivity index (χ3v) is 9.27. The number of benzene rings is 2. The number of imidazole rings is 2. The molecule has 0 bridgehead atoms. The molecule has 4 aromatic rings. The number of ether oxygens (including phenoxy) is 2. The number of carbonyl (C=O) groups is 6. The van der Waals surface area contributed by atoms with Gasteiger partial charge in [-0.2, -0.15) is 0 Å². The SMILES string of the molecule is CCOCCn1c(N2CCN(C)CC2)nc2ccccc21.CCOCCn1c(N2CCN(C)CC2)nc2ccccc21.O=C(O)/C=C/C(=O)O.O=C(O)/C=C/C(=O)O.O=C(O)/C=C/C(=O)O. The summed E-state index contributed by atoms with van der Waals surface area (Å²) in [5, 5.41) is 46.9. The summed E-state index contributed by atoms with van der Waals surface area (Å²) in [7, 11) is 4.35. The normalized spacial score (nSPS) is 14.1. The molecule has 0 atom stereocenters. The number of carboxylic acids is 6. The summed E-state index contributed by atoms with van der Waals surface area (Å²) in [5.74, 6) is -5.37. The molecule has 6 N–H and O–H groups in total. The Labute approximate surface area is 381 Å². The minimum atomic E-state index is -1.26. The van der Waals surface area contributed by atoms with E-state index < -0.39 is 35.8 Å². The van der Waals surface area contributed by atoms with E-state index in [1.54, 1.807) is 0 Å². The molecular weight excluding hydrogens is 865 g/mol. The molecule has 66 heavy (non-hydrogen) atoms. The van der Waals surface area contributed by atoms with Crippen LogP contribution in [0.25, 0.3) is 22.1 Å². The Kier molecular flexibility index (Phi) is 25.1. The number of likely N-dealkylation sites (N-methyl/N-ethyl adjacent to an activating group) is 2. The van der Waals surface area contributed by atoms with Crippen molar-refractivity contribution in [3.05, 3.63) is 85.0 Å². The predicted molar refractivity (Wildman–Crippen MR) is 245 cm³/mol. The van der Waals surface area contributed by atoms with Gasteiger partial charge in [0.1, 0.15) is 0 Å². The molecule has 4 heterocycles. The molecule has 360 valence electrons. The second kappa shape index (κ2) is 30.1. The van der Waals surface area contributed by atoms with Gasteiger partial charge in [0.25, 0.3) is 0 Å². The number of carboxylic acid groups (broad SMARTS) is 6. The van der Waals surface area contributed by atoms with E-state index in [0.717, 1.165) is 115 Å². The zero-order valence-corrected chi connectivity index (χ0v) is 37.5. The van der Waals surface area contributed by atoms with E-state index in [1.165, 1.54) is 11.0 Å². The summed E-state index contributed by atoms with van der Waals surface area (Å²) >= 11 is 0. The maximum absolute atomic E-state index is 9.55. The van der Waals surface area contributed by atoms with E-state index in [0.29, 0.717) is 36.5 Å². The van der Waals surface area contributed by atoms with Gasteiger partial charge in [-0.25, -0.2) is 38.7 Å². The minimum Gasteiger partial charge on any atom is -0.478 e. The molecular formula is C44H60N8O14. The first-order valence-corrected chi connectivity index (χ1v) is 20.8. The molecule has 2 aromatic carbocycles. The summed E-state index contributed by atoms with van der Waals surface area (Å²) in [4.78, 5) is 76.6. The van der Waals surface area contributed by atoms with Crippen LogP contribution in [0.4, 0.5) is 11.9 Å². The zero-order chi connectivity index (χ0) is 49.0. The topological polar surface area (TPSA) is 291 Å². The number of hydrogen-bond donors (Lipinski definition) is 6. The average molecular weight is 925 g/mol. The Balaban J connectivity index is 0.000000309. The first kappa shape index (κ1) is 55.0. The summed E-state index contributed by atoms with van der Waals surface area (Å²) in [6, 6.07) is 16.7. The van der Waals surface area contributed by atoms with E-state index in [-0.39, 0.29) is 0 Å². The average Bonchev–Trinajstić information content (AvgIpc) is 3.84. The van der Waals surface area contributed by atoms with Crippen molar-refractivity contribution in [3.8, 4) is 0 Å². The summed E-state index contributed by atoms with van der Waals surface area (Å²) in [5.41, 5.74) is 4.54. The van der Waals surface area contributed by atoms with Crippen molar-refractivity contribution >= 4 is 69.8 Å². The molecule has 0 amide bonds. The van der Waals surface area contributed by atoms with Crippen LogP contribution >= 0.6 is 0 Å². The van der Waals surface area contributed by atoms with Gasteiger partial charge in [0.05, 0.1) is 35.3 Å². The lowest BCUT2D eigenvalue weighted by Gasteiger charge is -2.33. The molecule has 0 saturated carbocycles. The molecule has 2 saturated heterocycles. The number of piperazine rings is 2. The lowest BCUT2D eigenvalue weighted by molar-refractivity contribution is -0.134. The van der Waals surface area contributed by atoms with Gasteiger partial charge in [-0.1, -0.05) is 24.3 Å². The fourth-order valence-corrected chi connectivity index (χ4v) is 6.09. The second-order valence-corrected chi connectivity index (χ2v) is 14.1. The van der Waals surface area contributed by atoms with Crippen molar-refractivity contribution in [2.45, 2.75) is 26.9 Å². The molecule has 2 aromatic heterocycles. The maximum Gasteiger partial charge on any atom is 0.328 e. The van der Waals surface area contributed by atoms with Gasteiger partial charge in [-0.05, 0) is 52.2 Å². The molecule has 0 aliphatic carbocycles. The quantitative estimate of drug-likeness (QED) is 0.0696. The van der Waals surface area contributed by atoms with E-state index >= 15 is 0 Å². The van der Waals surface area contributed by atoms with Crippen LogP contribution in [0.15, 0.2) is 85.0 Å². The fraction of sp³-hybridized carbons (Fsp3) is 0.409. The van der Waals surface area contributed by atoms with Gasteiger partial charge < -0.3 is 68.8 Å². The van der Waals surface area contributed by atoms with Crippen molar-refractivity contribution in [3.63, 3.8) is 0 Å². The van der Waals surface area contributed by atoms with Crippen LogP contribution in [0.2, 0.25) is 0 Å². The zero-order valence-electron chi connectivity index (χ0n) is 37.5. The number of fused-ring (bicyclic) bond motifs is 2. The van der Waals surface area contributed by atoms with Crippen LogP contribution < -0.4 is 9.80 Å². The van der Waals surface area contributed by atoms with Crippen molar-refractivity contribution < 1.29 is 68.9 Å². The molecule has 22 nitrogen and oxygen atoms in total. The van der Waals surface area contributed by atoms with E-state index in [9.17, 15) is 28.8 Å². The highest BCUT2D eigenvalue weighted by Gasteiger charge is 2.22.